The number of thiazole rings is 1. The number of hydrogen-bond acceptors (Lipinski definition) is 4. The van der Waals surface area contributed by atoms with Crippen molar-refractivity contribution in [3.05, 3.63) is 10.6 Å². The van der Waals surface area contributed by atoms with Crippen molar-refractivity contribution in [3.63, 3.8) is 0 Å². The molecule has 1 aromatic rings. The zero-order valence-electron chi connectivity index (χ0n) is 9.42. The van der Waals surface area contributed by atoms with Gasteiger partial charge in [0, 0.05) is 25.0 Å². The topological polar surface area (TPSA) is 28.2 Å². The van der Waals surface area contributed by atoms with Gasteiger partial charge in [0.2, 0.25) is 0 Å². The Kier molecular flexibility index (Phi) is 4.35. The van der Waals surface area contributed by atoms with Crippen LogP contribution in [0.2, 0.25) is 0 Å². The van der Waals surface area contributed by atoms with Gasteiger partial charge in [-0.15, -0.1) is 11.3 Å². The molecule has 1 heterocycles. The van der Waals surface area contributed by atoms with Crippen LogP contribution in [0.15, 0.2) is 0 Å². The molecular formula is C10H19N3S. The maximum absolute atomic E-state index is 4.54. The average molecular weight is 213 g/mol. The molecule has 1 aromatic heterocycles. The first-order chi connectivity index (χ1) is 6.69. The van der Waals surface area contributed by atoms with E-state index in [1.54, 1.807) is 11.3 Å². The Hall–Kier alpha value is -0.610. The first kappa shape index (κ1) is 11.5. The fraction of sp³-hybridized carbons (Fsp3) is 0.700. The highest BCUT2D eigenvalue weighted by atomic mass is 32.1. The van der Waals surface area contributed by atoms with Crippen molar-refractivity contribution in [2.45, 2.75) is 27.3 Å². The van der Waals surface area contributed by atoms with Crippen LogP contribution >= 0.6 is 11.3 Å². The number of hydrogen-bond donors (Lipinski definition) is 1. The molecule has 4 heteroatoms. The van der Waals surface area contributed by atoms with Gasteiger partial charge in [0.05, 0.1) is 5.69 Å². The van der Waals surface area contributed by atoms with Crippen molar-refractivity contribution >= 4 is 16.5 Å². The third-order valence-electron chi connectivity index (χ3n) is 2.22. The molecule has 0 saturated heterocycles. The lowest BCUT2D eigenvalue weighted by molar-refractivity contribution is 0.731. The number of aromatic nitrogens is 1. The maximum atomic E-state index is 4.54. The summed E-state index contributed by atoms with van der Waals surface area (Å²) in [5.74, 6) is 0. The molecule has 0 unspecified atom stereocenters. The van der Waals surface area contributed by atoms with E-state index >= 15 is 0 Å². The quantitative estimate of drug-likeness (QED) is 0.811. The second-order valence-corrected chi connectivity index (χ2v) is 4.36. The van der Waals surface area contributed by atoms with Gasteiger partial charge in [-0.3, -0.25) is 0 Å². The summed E-state index contributed by atoms with van der Waals surface area (Å²) >= 11 is 1.78. The minimum absolute atomic E-state index is 0.942. The molecule has 80 valence electrons. The SMILES string of the molecule is CCNCc1sc(N(C)CC)nc1C. The fourth-order valence-corrected chi connectivity index (χ4v) is 2.17. The van der Waals surface area contributed by atoms with Crippen LogP contribution in [0.3, 0.4) is 0 Å². The van der Waals surface area contributed by atoms with Crippen LogP contribution in [0.4, 0.5) is 5.13 Å². The van der Waals surface area contributed by atoms with Gasteiger partial charge in [-0.05, 0) is 20.4 Å². The zero-order valence-corrected chi connectivity index (χ0v) is 10.2. The highest BCUT2D eigenvalue weighted by Crippen LogP contribution is 2.24. The summed E-state index contributed by atoms with van der Waals surface area (Å²) in [6.07, 6.45) is 0. The van der Waals surface area contributed by atoms with Crippen LogP contribution < -0.4 is 10.2 Å². The predicted octanol–water partition coefficient (Wildman–Crippen LogP) is 2.02. The summed E-state index contributed by atoms with van der Waals surface area (Å²) in [6, 6.07) is 0. The van der Waals surface area contributed by atoms with E-state index in [0.717, 1.165) is 30.5 Å². The molecule has 3 nitrogen and oxygen atoms in total. The molecule has 0 aliphatic rings. The summed E-state index contributed by atoms with van der Waals surface area (Å²) in [5, 5.41) is 4.45. The van der Waals surface area contributed by atoms with E-state index < -0.39 is 0 Å². The van der Waals surface area contributed by atoms with E-state index in [4.69, 9.17) is 0 Å². The van der Waals surface area contributed by atoms with Crippen molar-refractivity contribution in [3.8, 4) is 0 Å². The Morgan fingerprint density at radius 1 is 1.43 bits per heavy atom. The van der Waals surface area contributed by atoms with E-state index in [0.29, 0.717) is 0 Å². The third kappa shape index (κ3) is 2.69. The molecule has 0 spiro atoms. The second-order valence-electron chi connectivity index (χ2n) is 3.30. The molecule has 0 fully saturated rings. The van der Waals surface area contributed by atoms with Crippen LogP contribution in [-0.2, 0) is 6.54 Å². The van der Waals surface area contributed by atoms with E-state index in [2.05, 4.69) is 43.0 Å². The average Bonchev–Trinajstić information content (AvgIpc) is 2.56. The van der Waals surface area contributed by atoms with Gasteiger partial charge in [0.25, 0.3) is 0 Å². The summed E-state index contributed by atoms with van der Waals surface area (Å²) in [7, 11) is 2.08. The summed E-state index contributed by atoms with van der Waals surface area (Å²) in [6.45, 7) is 9.30. The van der Waals surface area contributed by atoms with Crippen LogP contribution in [0.5, 0.6) is 0 Å². The Morgan fingerprint density at radius 2 is 2.14 bits per heavy atom. The van der Waals surface area contributed by atoms with Crippen molar-refractivity contribution in [1.82, 2.24) is 10.3 Å². The minimum Gasteiger partial charge on any atom is -0.351 e. The Labute approximate surface area is 90.2 Å². The van der Waals surface area contributed by atoms with Gasteiger partial charge in [0.1, 0.15) is 0 Å². The molecule has 1 N–H and O–H groups in total. The highest BCUT2D eigenvalue weighted by molar-refractivity contribution is 7.15. The molecule has 0 saturated carbocycles. The molecule has 0 aromatic carbocycles. The van der Waals surface area contributed by atoms with Gasteiger partial charge in [-0.25, -0.2) is 4.98 Å². The monoisotopic (exact) mass is 213 g/mol. The Balaban J connectivity index is 2.71. The van der Waals surface area contributed by atoms with Gasteiger partial charge in [-0.2, -0.15) is 0 Å². The first-order valence-corrected chi connectivity index (χ1v) is 5.88. The number of nitrogens with one attached hydrogen (secondary N) is 1. The van der Waals surface area contributed by atoms with E-state index in [9.17, 15) is 0 Å². The number of nitrogens with zero attached hydrogens (tertiary/aromatic N) is 2. The molecule has 0 aliphatic heterocycles. The number of anilines is 1. The van der Waals surface area contributed by atoms with Crippen molar-refractivity contribution < 1.29 is 0 Å². The molecule has 0 radical (unpaired) electrons. The van der Waals surface area contributed by atoms with E-state index in [1.807, 2.05) is 0 Å². The lowest BCUT2D eigenvalue weighted by Crippen LogP contribution is -2.15. The zero-order chi connectivity index (χ0) is 10.6. The van der Waals surface area contributed by atoms with E-state index in [1.165, 1.54) is 4.88 Å². The normalized spacial score (nSPS) is 10.6. The lowest BCUT2D eigenvalue weighted by atomic mass is 10.4. The standard InChI is InChI=1S/C10H19N3S/c1-5-11-7-9-8(3)12-10(14-9)13(4)6-2/h11H,5-7H2,1-4H3. The largest absolute Gasteiger partial charge is 0.351 e. The minimum atomic E-state index is 0.942. The van der Waals surface area contributed by atoms with Gasteiger partial charge >= 0.3 is 0 Å². The summed E-state index contributed by atoms with van der Waals surface area (Å²) < 4.78 is 0. The molecule has 0 aliphatic carbocycles. The summed E-state index contributed by atoms with van der Waals surface area (Å²) in [5.41, 5.74) is 1.16. The van der Waals surface area contributed by atoms with Crippen LogP contribution in [-0.4, -0.2) is 25.1 Å². The summed E-state index contributed by atoms with van der Waals surface area (Å²) in [4.78, 5) is 8.06. The molecule has 0 bridgehead atoms. The van der Waals surface area contributed by atoms with Gasteiger partial charge in [-0.1, -0.05) is 6.92 Å². The Bertz CT molecular complexity index is 283. The first-order valence-electron chi connectivity index (χ1n) is 5.07. The molecule has 14 heavy (non-hydrogen) atoms. The van der Waals surface area contributed by atoms with E-state index in [-0.39, 0.29) is 0 Å². The van der Waals surface area contributed by atoms with Crippen LogP contribution in [0, 0.1) is 6.92 Å². The smallest absolute Gasteiger partial charge is 0.185 e. The maximum Gasteiger partial charge on any atom is 0.185 e. The van der Waals surface area contributed by atoms with Crippen molar-refractivity contribution in [1.29, 1.82) is 0 Å². The predicted molar refractivity (Wildman–Crippen MR) is 63.2 cm³/mol. The molecule has 0 amide bonds. The number of rotatable bonds is 5. The van der Waals surface area contributed by atoms with Crippen LogP contribution in [0.1, 0.15) is 24.4 Å². The van der Waals surface area contributed by atoms with Gasteiger partial charge < -0.3 is 10.2 Å². The Morgan fingerprint density at radius 3 is 2.71 bits per heavy atom. The fourth-order valence-electron chi connectivity index (χ4n) is 1.11. The molecule has 0 atom stereocenters. The van der Waals surface area contributed by atoms with Crippen LogP contribution in [0.25, 0.3) is 0 Å². The molecular weight excluding hydrogens is 194 g/mol. The van der Waals surface area contributed by atoms with Crippen molar-refractivity contribution in [2.75, 3.05) is 25.0 Å². The molecule has 1 rings (SSSR count). The third-order valence-corrected chi connectivity index (χ3v) is 3.49. The highest BCUT2D eigenvalue weighted by Gasteiger charge is 2.08. The van der Waals surface area contributed by atoms with Gasteiger partial charge in [0.15, 0.2) is 5.13 Å². The second kappa shape index (κ2) is 5.32. The van der Waals surface area contributed by atoms with Crippen molar-refractivity contribution in [2.24, 2.45) is 0 Å². The lowest BCUT2D eigenvalue weighted by Gasteiger charge is -2.11. The number of aryl methyl sites for hydroxylation is 1.